The van der Waals surface area contributed by atoms with Crippen LogP contribution in [-0.4, -0.2) is 17.5 Å². The molecule has 1 N–H and O–H groups in total. The minimum Gasteiger partial charge on any atom is -0.506 e. The Hall–Kier alpha value is -1.79. The first-order valence-electron chi connectivity index (χ1n) is 5.81. The molecule has 1 heterocycles. The van der Waals surface area contributed by atoms with E-state index in [0.717, 1.165) is 0 Å². The normalized spacial score (nSPS) is 11.8. The van der Waals surface area contributed by atoms with Gasteiger partial charge in [0.1, 0.15) is 5.75 Å². The molecule has 0 saturated heterocycles. The first kappa shape index (κ1) is 13.2. The highest BCUT2D eigenvalue weighted by molar-refractivity contribution is 9.10. The number of hydrogen-bond acceptors (Lipinski definition) is 3. The molecule has 1 aromatic heterocycles. The summed E-state index contributed by atoms with van der Waals surface area (Å²) in [6.07, 6.45) is 1.44. The van der Waals surface area contributed by atoms with Gasteiger partial charge in [0, 0.05) is 11.6 Å². The zero-order valence-corrected chi connectivity index (χ0v) is 12.6. The van der Waals surface area contributed by atoms with Crippen LogP contribution in [0, 0.1) is 0 Å². The predicted molar refractivity (Wildman–Crippen MR) is 80.3 cm³/mol. The summed E-state index contributed by atoms with van der Waals surface area (Å²) in [7, 11) is -3.66. The van der Waals surface area contributed by atoms with Crippen molar-refractivity contribution in [3.8, 4) is 5.75 Å². The van der Waals surface area contributed by atoms with Crippen molar-refractivity contribution in [2.75, 3.05) is 0 Å². The molecule has 0 aliphatic carbocycles. The minimum atomic E-state index is -3.66. The maximum absolute atomic E-state index is 12.6. The van der Waals surface area contributed by atoms with Gasteiger partial charge in [-0.1, -0.05) is 18.2 Å². The molecule has 0 spiro atoms. The standard InChI is InChI=1S/C14H10BrNO3S/c15-12-6-7-13-11(14(12)17)8-9-16(13)20(18,19)10-4-2-1-3-5-10/h1-9,17H. The van der Waals surface area contributed by atoms with Crippen molar-refractivity contribution in [1.29, 1.82) is 0 Å². The van der Waals surface area contributed by atoms with Gasteiger partial charge in [-0.15, -0.1) is 0 Å². The van der Waals surface area contributed by atoms with Gasteiger partial charge in [0.05, 0.1) is 14.9 Å². The Balaban J connectivity index is 2.29. The SMILES string of the molecule is O=S(=O)(c1ccccc1)n1ccc2c(O)c(Br)ccc21. The molecular formula is C14H10BrNO3S. The summed E-state index contributed by atoms with van der Waals surface area (Å²) < 4.78 is 26.8. The lowest BCUT2D eigenvalue weighted by molar-refractivity contribution is 0.478. The van der Waals surface area contributed by atoms with E-state index < -0.39 is 10.0 Å². The van der Waals surface area contributed by atoms with E-state index in [4.69, 9.17) is 0 Å². The summed E-state index contributed by atoms with van der Waals surface area (Å²) in [6.45, 7) is 0. The van der Waals surface area contributed by atoms with Gasteiger partial charge in [-0.2, -0.15) is 0 Å². The fraction of sp³-hybridized carbons (Fsp3) is 0. The average Bonchev–Trinajstić information content (AvgIpc) is 2.89. The Morgan fingerprint density at radius 1 is 1.00 bits per heavy atom. The van der Waals surface area contributed by atoms with Crippen molar-refractivity contribution in [1.82, 2.24) is 3.97 Å². The zero-order valence-electron chi connectivity index (χ0n) is 10.2. The van der Waals surface area contributed by atoms with Gasteiger partial charge in [-0.3, -0.25) is 0 Å². The third-order valence-corrected chi connectivity index (χ3v) is 5.40. The van der Waals surface area contributed by atoms with Gasteiger partial charge >= 0.3 is 0 Å². The van der Waals surface area contributed by atoms with Crippen molar-refractivity contribution < 1.29 is 13.5 Å². The van der Waals surface area contributed by atoms with E-state index in [2.05, 4.69) is 15.9 Å². The summed E-state index contributed by atoms with van der Waals surface area (Å²) in [5.74, 6) is 0.0320. The molecule has 0 radical (unpaired) electrons. The average molecular weight is 352 g/mol. The lowest BCUT2D eigenvalue weighted by Crippen LogP contribution is -2.11. The third-order valence-electron chi connectivity index (χ3n) is 3.06. The van der Waals surface area contributed by atoms with Crippen LogP contribution in [0.5, 0.6) is 5.75 Å². The molecule has 3 rings (SSSR count). The summed E-state index contributed by atoms with van der Waals surface area (Å²) in [4.78, 5) is 0.208. The minimum absolute atomic E-state index is 0.0320. The third kappa shape index (κ3) is 1.92. The van der Waals surface area contributed by atoms with Crippen LogP contribution in [0.4, 0.5) is 0 Å². The number of hydrogen-bond donors (Lipinski definition) is 1. The highest BCUT2D eigenvalue weighted by Crippen LogP contribution is 2.34. The smallest absolute Gasteiger partial charge is 0.268 e. The van der Waals surface area contributed by atoms with Gasteiger partial charge < -0.3 is 5.11 Å². The maximum atomic E-state index is 12.6. The van der Waals surface area contributed by atoms with Crippen LogP contribution in [0.15, 0.2) is 64.1 Å². The topological polar surface area (TPSA) is 59.3 Å². The molecule has 0 unspecified atom stereocenters. The van der Waals surface area contributed by atoms with Crippen LogP contribution in [-0.2, 0) is 10.0 Å². The molecular weight excluding hydrogens is 342 g/mol. The lowest BCUT2D eigenvalue weighted by atomic mass is 10.2. The number of benzene rings is 2. The van der Waals surface area contributed by atoms with Crippen LogP contribution in [0.3, 0.4) is 0 Å². The molecule has 102 valence electrons. The fourth-order valence-corrected chi connectivity index (χ4v) is 3.78. The second-order valence-electron chi connectivity index (χ2n) is 4.26. The summed E-state index contributed by atoms with van der Waals surface area (Å²) in [5.41, 5.74) is 0.439. The Kier molecular flexibility index (Phi) is 3.07. The number of nitrogens with zero attached hydrogens (tertiary/aromatic N) is 1. The molecule has 20 heavy (non-hydrogen) atoms. The van der Waals surface area contributed by atoms with E-state index in [-0.39, 0.29) is 10.6 Å². The van der Waals surface area contributed by atoms with Crippen molar-refractivity contribution in [2.24, 2.45) is 0 Å². The molecule has 0 fully saturated rings. The Bertz CT molecular complexity index is 885. The van der Waals surface area contributed by atoms with Crippen molar-refractivity contribution in [3.63, 3.8) is 0 Å². The molecule has 0 amide bonds. The summed E-state index contributed by atoms with van der Waals surface area (Å²) in [5, 5.41) is 10.4. The highest BCUT2D eigenvalue weighted by Gasteiger charge is 2.19. The van der Waals surface area contributed by atoms with Crippen LogP contribution in [0.2, 0.25) is 0 Å². The molecule has 0 aliphatic rings. The van der Waals surface area contributed by atoms with E-state index in [1.54, 1.807) is 48.5 Å². The number of rotatable bonds is 2. The van der Waals surface area contributed by atoms with Crippen LogP contribution >= 0.6 is 15.9 Å². The molecule has 6 heteroatoms. The first-order chi connectivity index (χ1) is 9.51. The molecule has 3 aromatic rings. The Morgan fingerprint density at radius 3 is 2.40 bits per heavy atom. The number of aromatic nitrogens is 1. The second-order valence-corrected chi connectivity index (χ2v) is 6.93. The lowest BCUT2D eigenvalue weighted by Gasteiger charge is -2.08. The van der Waals surface area contributed by atoms with Gasteiger partial charge in [0.2, 0.25) is 0 Å². The van der Waals surface area contributed by atoms with Gasteiger partial charge in [-0.05, 0) is 46.3 Å². The van der Waals surface area contributed by atoms with Crippen molar-refractivity contribution in [2.45, 2.75) is 4.90 Å². The molecule has 2 aromatic carbocycles. The largest absolute Gasteiger partial charge is 0.506 e. The Labute approximate surface area is 124 Å². The van der Waals surface area contributed by atoms with Crippen molar-refractivity contribution >= 4 is 36.9 Å². The van der Waals surface area contributed by atoms with Gasteiger partial charge in [0.25, 0.3) is 10.0 Å². The van der Waals surface area contributed by atoms with Crippen LogP contribution in [0.25, 0.3) is 10.9 Å². The van der Waals surface area contributed by atoms with E-state index in [1.165, 1.54) is 10.2 Å². The molecule has 0 saturated carbocycles. The van der Waals surface area contributed by atoms with Crippen LogP contribution < -0.4 is 0 Å². The quantitative estimate of drug-likeness (QED) is 0.770. The van der Waals surface area contributed by atoms with Crippen LogP contribution in [0.1, 0.15) is 0 Å². The van der Waals surface area contributed by atoms with E-state index in [1.807, 2.05) is 0 Å². The highest BCUT2D eigenvalue weighted by atomic mass is 79.9. The van der Waals surface area contributed by atoms with Gasteiger partial charge in [0.15, 0.2) is 0 Å². The number of phenols is 1. The number of fused-ring (bicyclic) bond motifs is 1. The van der Waals surface area contributed by atoms with Crippen molar-refractivity contribution in [3.05, 3.63) is 59.2 Å². The zero-order chi connectivity index (χ0) is 14.3. The number of aromatic hydroxyl groups is 1. The van der Waals surface area contributed by atoms with E-state index >= 15 is 0 Å². The van der Waals surface area contributed by atoms with E-state index in [9.17, 15) is 13.5 Å². The second kappa shape index (κ2) is 4.64. The first-order valence-corrected chi connectivity index (χ1v) is 8.04. The molecule has 0 aliphatic heterocycles. The number of halogens is 1. The van der Waals surface area contributed by atoms with Gasteiger partial charge in [-0.25, -0.2) is 12.4 Å². The molecule has 0 atom stereocenters. The maximum Gasteiger partial charge on any atom is 0.268 e. The molecule has 0 bridgehead atoms. The number of phenolic OH excluding ortho intramolecular Hbond substituents is 1. The Morgan fingerprint density at radius 2 is 1.70 bits per heavy atom. The summed E-state index contributed by atoms with van der Waals surface area (Å²) in [6, 6.07) is 13.0. The van der Waals surface area contributed by atoms with E-state index in [0.29, 0.717) is 15.4 Å². The molecule has 4 nitrogen and oxygen atoms in total. The predicted octanol–water partition coefficient (Wildman–Crippen LogP) is 3.35. The monoisotopic (exact) mass is 351 g/mol. The fourth-order valence-electron chi connectivity index (χ4n) is 2.07. The summed E-state index contributed by atoms with van der Waals surface area (Å²) >= 11 is 3.21.